The van der Waals surface area contributed by atoms with Crippen molar-refractivity contribution in [2.24, 2.45) is 0 Å². The van der Waals surface area contributed by atoms with E-state index in [-0.39, 0.29) is 48.8 Å². The van der Waals surface area contributed by atoms with Crippen molar-refractivity contribution in [2.45, 2.75) is 31.6 Å². The third-order valence-corrected chi connectivity index (χ3v) is 5.51. The molecule has 8 nitrogen and oxygen atoms in total. The van der Waals surface area contributed by atoms with Crippen molar-refractivity contribution in [2.75, 3.05) is 42.6 Å². The number of alkyl halides is 3. The average Bonchev–Trinajstić information content (AvgIpc) is 2.74. The number of anilines is 2. The predicted octanol–water partition coefficient (Wildman–Crippen LogP) is 2.06. The molecule has 2 aromatic rings. The van der Waals surface area contributed by atoms with Crippen LogP contribution in [-0.4, -0.2) is 65.4 Å². The standard InChI is InChI=1S/C20H22F3N5O3/c1-13-12-31-9-8-27(13)17-10-18(30)28-16(20(21,22)23)5-7-26(19(28)25-17)11-15(29)14-4-2-3-6-24-14/h2-4,6,10,13,16H,5,7-9,11-12H2,1H3/t13-,16-/m1/s1. The Morgan fingerprint density at radius 2 is 2.10 bits per heavy atom. The van der Waals surface area contributed by atoms with Gasteiger partial charge >= 0.3 is 6.18 Å². The lowest BCUT2D eigenvalue weighted by Crippen LogP contribution is -2.49. The van der Waals surface area contributed by atoms with E-state index in [0.29, 0.717) is 24.3 Å². The van der Waals surface area contributed by atoms with Crippen molar-refractivity contribution in [3.05, 3.63) is 46.5 Å². The number of nitrogens with zero attached hydrogens (tertiary/aromatic N) is 5. The Labute approximate surface area is 176 Å². The van der Waals surface area contributed by atoms with Crippen molar-refractivity contribution in [1.29, 1.82) is 0 Å². The van der Waals surface area contributed by atoms with Gasteiger partial charge in [-0.2, -0.15) is 18.2 Å². The third kappa shape index (κ3) is 4.27. The van der Waals surface area contributed by atoms with Crippen LogP contribution in [0.5, 0.6) is 0 Å². The molecule has 0 aromatic carbocycles. The van der Waals surface area contributed by atoms with Crippen molar-refractivity contribution in [3.8, 4) is 0 Å². The molecule has 0 N–H and O–H groups in total. The van der Waals surface area contributed by atoms with Gasteiger partial charge in [0.25, 0.3) is 5.56 Å². The first-order valence-electron chi connectivity index (χ1n) is 9.99. The number of hydrogen-bond acceptors (Lipinski definition) is 7. The van der Waals surface area contributed by atoms with Gasteiger partial charge in [0.05, 0.1) is 25.8 Å². The van der Waals surface area contributed by atoms with Crippen LogP contribution in [0.4, 0.5) is 24.9 Å². The Hall–Kier alpha value is -2.95. The first-order valence-corrected chi connectivity index (χ1v) is 9.99. The molecule has 1 fully saturated rings. The molecule has 0 saturated carbocycles. The minimum Gasteiger partial charge on any atom is -0.377 e. The molecule has 166 valence electrons. The minimum atomic E-state index is -4.61. The lowest BCUT2D eigenvalue weighted by molar-refractivity contribution is -0.170. The number of morpholine rings is 1. The lowest BCUT2D eigenvalue weighted by Gasteiger charge is -2.38. The number of ether oxygens (including phenoxy) is 1. The molecule has 4 rings (SSSR count). The Morgan fingerprint density at radius 1 is 1.29 bits per heavy atom. The fraction of sp³-hybridized carbons (Fsp3) is 0.500. The van der Waals surface area contributed by atoms with E-state index in [4.69, 9.17) is 4.74 Å². The number of rotatable bonds is 4. The normalized spacial score (nSPS) is 21.7. The maximum absolute atomic E-state index is 13.7. The molecule has 2 aliphatic heterocycles. The molecule has 0 unspecified atom stereocenters. The summed E-state index contributed by atoms with van der Waals surface area (Å²) in [5, 5.41) is 0. The molecule has 0 amide bonds. The Bertz CT molecular complexity index is 1010. The molecule has 1 saturated heterocycles. The van der Waals surface area contributed by atoms with Gasteiger partial charge in [0.1, 0.15) is 17.6 Å². The van der Waals surface area contributed by atoms with Gasteiger partial charge in [-0.1, -0.05) is 6.07 Å². The number of carbonyl (C=O) groups is 1. The van der Waals surface area contributed by atoms with E-state index in [1.807, 2.05) is 11.8 Å². The number of carbonyl (C=O) groups excluding carboxylic acids is 1. The molecule has 4 heterocycles. The maximum Gasteiger partial charge on any atom is 0.409 e. The summed E-state index contributed by atoms with van der Waals surface area (Å²) in [6.45, 7) is 2.92. The van der Waals surface area contributed by atoms with Gasteiger partial charge in [-0.25, -0.2) is 0 Å². The van der Waals surface area contributed by atoms with Gasteiger partial charge in [-0.05, 0) is 25.5 Å². The van der Waals surface area contributed by atoms with Gasteiger partial charge in [0.2, 0.25) is 5.95 Å². The van der Waals surface area contributed by atoms with Crippen molar-refractivity contribution in [3.63, 3.8) is 0 Å². The number of aromatic nitrogens is 3. The Kier molecular flexibility index (Phi) is 5.69. The van der Waals surface area contributed by atoms with Crippen LogP contribution in [0, 0.1) is 0 Å². The average molecular weight is 437 g/mol. The first-order chi connectivity index (χ1) is 14.8. The number of pyridine rings is 1. The van der Waals surface area contributed by atoms with E-state index >= 15 is 0 Å². The summed E-state index contributed by atoms with van der Waals surface area (Å²) in [7, 11) is 0. The maximum atomic E-state index is 13.7. The Morgan fingerprint density at radius 3 is 2.77 bits per heavy atom. The van der Waals surface area contributed by atoms with Gasteiger partial charge in [-0.15, -0.1) is 0 Å². The highest BCUT2D eigenvalue weighted by atomic mass is 19.4. The lowest BCUT2D eigenvalue weighted by atomic mass is 10.1. The summed E-state index contributed by atoms with van der Waals surface area (Å²) in [6, 6.07) is 3.92. The molecular weight excluding hydrogens is 415 g/mol. The Balaban J connectivity index is 1.74. The number of fused-ring (bicyclic) bond motifs is 1. The molecular formula is C20H22F3N5O3. The molecule has 2 aromatic heterocycles. The second kappa shape index (κ2) is 8.29. The minimum absolute atomic E-state index is 0.0582. The molecule has 2 atom stereocenters. The molecule has 0 bridgehead atoms. The van der Waals surface area contributed by atoms with E-state index in [1.54, 1.807) is 12.1 Å². The highest BCUT2D eigenvalue weighted by Crippen LogP contribution is 2.38. The van der Waals surface area contributed by atoms with Crippen LogP contribution >= 0.6 is 0 Å². The summed E-state index contributed by atoms with van der Waals surface area (Å²) in [6.07, 6.45) is -3.48. The van der Waals surface area contributed by atoms with Gasteiger partial charge < -0.3 is 14.5 Å². The predicted molar refractivity (Wildman–Crippen MR) is 107 cm³/mol. The van der Waals surface area contributed by atoms with Crippen molar-refractivity contribution >= 4 is 17.5 Å². The van der Waals surface area contributed by atoms with Crippen LogP contribution in [0.15, 0.2) is 35.3 Å². The zero-order chi connectivity index (χ0) is 22.2. The van der Waals surface area contributed by atoms with Crippen LogP contribution < -0.4 is 15.4 Å². The van der Waals surface area contributed by atoms with E-state index in [1.165, 1.54) is 17.2 Å². The number of ketones is 1. The third-order valence-electron chi connectivity index (χ3n) is 5.51. The van der Waals surface area contributed by atoms with E-state index < -0.39 is 17.8 Å². The van der Waals surface area contributed by atoms with Crippen LogP contribution in [0.2, 0.25) is 0 Å². The van der Waals surface area contributed by atoms with Crippen LogP contribution in [0.1, 0.15) is 29.9 Å². The summed E-state index contributed by atoms with van der Waals surface area (Å²) in [5.41, 5.74) is -0.594. The number of halogens is 3. The summed E-state index contributed by atoms with van der Waals surface area (Å²) in [4.78, 5) is 37.2. The topological polar surface area (TPSA) is 80.6 Å². The highest BCUT2D eigenvalue weighted by Gasteiger charge is 2.46. The zero-order valence-electron chi connectivity index (χ0n) is 16.9. The second-order valence-electron chi connectivity index (χ2n) is 7.65. The fourth-order valence-electron chi connectivity index (χ4n) is 3.95. The summed E-state index contributed by atoms with van der Waals surface area (Å²) in [5.74, 6) is -0.235. The van der Waals surface area contributed by atoms with Crippen LogP contribution in [0.25, 0.3) is 0 Å². The quantitative estimate of drug-likeness (QED) is 0.678. The summed E-state index contributed by atoms with van der Waals surface area (Å²) < 4.78 is 47.0. The molecule has 0 radical (unpaired) electrons. The smallest absolute Gasteiger partial charge is 0.377 e. The molecule has 0 spiro atoms. The van der Waals surface area contributed by atoms with Crippen LogP contribution in [0.3, 0.4) is 0 Å². The number of hydrogen-bond donors (Lipinski definition) is 0. The fourth-order valence-corrected chi connectivity index (χ4v) is 3.95. The van der Waals surface area contributed by atoms with Gasteiger partial charge in [0, 0.05) is 25.4 Å². The first kappa shape index (κ1) is 21.3. The van der Waals surface area contributed by atoms with Gasteiger partial charge in [-0.3, -0.25) is 19.1 Å². The van der Waals surface area contributed by atoms with E-state index in [9.17, 15) is 22.8 Å². The van der Waals surface area contributed by atoms with Crippen molar-refractivity contribution in [1.82, 2.24) is 14.5 Å². The highest BCUT2D eigenvalue weighted by molar-refractivity contribution is 5.97. The van der Waals surface area contributed by atoms with Crippen LogP contribution in [-0.2, 0) is 4.74 Å². The largest absolute Gasteiger partial charge is 0.409 e. The monoisotopic (exact) mass is 437 g/mol. The van der Waals surface area contributed by atoms with E-state index in [0.717, 1.165) is 6.07 Å². The van der Waals surface area contributed by atoms with E-state index in [2.05, 4.69) is 9.97 Å². The number of Topliss-reactive ketones (excluding diaryl/α,β-unsaturated/α-hetero) is 1. The van der Waals surface area contributed by atoms with Crippen molar-refractivity contribution < 1.29 is 22.7 Å². The second-order valence-corrected chi connectivity index (χ2v) is 7.65. The molecule has 0 aliphatic carbocycles. The SMILES string of the molecule is C[C@@H]1COCCN1c1cc(=O)n2c(n1)N(CC(=O)c1ccccn1)CC[C@@H]2C(F)(F)F. The molecule has 2 aliphatic rings. The molecule has 11 heteroatoms. The zero-order valence-corrected chi connectivity index (χ0v) is 16.9. The van der Waals surface area contributed by atoms with Gasteiger partial charge in [0.15, 0.2) is 5.78 Å². The molecule has 31 heavy (non-hydrogen) atoms. The summed E-state index contributed by atoms with van der Waals surface area (Å²) >= 11 is 0.